The van der Waals surface area contributed by atoms with Crippen LogP contribution in [0.15, 0.2) is 18.2 Å². The number of benzene rings is 1. The lowest BCUT2D eigenvalue weighted by molar-refractivity contribution is 0.279. The van der Waals surface area contributed by atoms with Gasteiger partial charge >= 0.3 is 0 Å². The summed E-state index contributed by atoms with van der Waals surface area (Å²) in [7, 11) is 0. The SMILES string of the molecule is N#CCCC1COc2ccc(Cl)cc2N1. The van der Waals surface area contributed by atoms with Gasteiger partial charge in [0.2, 0.25) is 0 Å². The molecular formula is C11H11ClN2O. The number of fused-ring (bicyclic) bond motifs is 1. The minimum absolute atomic E-state index is 0.204. The van der Waals surface area contributed by atoms with Gasteiger partial charge in [-0.3, -0.25) is 0 Å². The normalized spacial score (nSPS) is 18.3. The van der Waals surface area contributed by atoms with Crippen molar-refractivity contribution in [2.45, 2.75) is 18.9 Å². The van der Waals surface area contributed by atoms with Crippen molar-refractivity contribution in [3.8, 4) is 11.8 Å². The second kappa shape index (κ2) is 4.41. The second-order valence-corrected chi connectivity index (χ2v) is 3.93. The van der Waals surface area contributed by atoms with E-state index in [4.69, 9.17) is 21.6 Å². The molecule has 0 saturated heterocycles. The third-order valence-corrected chi connectivity index (χ3v) is 2.58. The fourth-order valence-electron chi connectivity index (χ4n) is 1.59. The van der Waals surface area contributed by atoms with Crippen LogP contribution < -0.4 is 10.1 Å². The molecule has 3 nitrogen and oxygen atoms in total. The molecule has 0 spiro atoms. The summed E-state index contributed by atoms with van der Waals surface area (Å²) in [6, 6.07) is 7.83. The Balaban J connectivity index is 2.09. The third kappa shape index (κ3) is 2.34. The van der Waals surface area contributed by atoms with Crippen LogP contribution in [-0.2, 0) is 0 Å². The Bertz CT molecular complexity index is 400. The van der Waals surface area contributed by atoms with E-state index in [-0.39, 0.29) is 6.04 Å². The topological polar surface area (TPSA) is 45.0 Å². The molecule has 0 saturated carbocycles. The van der Waals surface area contributed by atoms with Crippen LogP contribution in [0.4, 0.5) is 5.69 Å². The molecule has 1 aromatic rings. The summed E-state index contributed by atoms with van der Waals surface area (Å²) < 4.78 is 5.56. The molecule has 1 aliphatic heterocycles. The van der Waals surface area contributed by atoms with Gasteiger partial charge in [0.15, 0.2) is 0 Å². The fraction of sp³-hybridized carbons (Fsp3) is 0.364. The molecule has 0 aliphatic carbocycles. The number of ether oxygens (including phenoxy) is 1. The fourth-order valence-corrected chi connectivity index (χ4v) is 1.76. The molecule has 78 valence electrons. The first-order valence-corrected chi connectivity index (χ1v) is 5.23. The van der Waals surface area contributed by atoms with E-state index < -0.39 is 0 Å². The lowest BCUT2D eigenvalue weighted by Crippen LogP contribution is -2.31. The van der Waals surface area contributed by atoms with Gasteiger partial charge in [0.1, 0.15) is 12.4 Å². The van der Waals surface area contributed by atoms with E-state index in [1.54, 1.807) is 6.07 Å². The average Bonchev–Trinajstić information content (AvgIpc) is 2.25. The zero-order valence-corrected chi connectivity index (χ0v) is 8.92. The summed E-state index contributed by atoms with van der Waals surface area (Å²) in [4.78, 5) is 0. The van der Waals surface area contributed by atoms with Crippen LogP contribution in [0.1, 0.15) is 12.8 Å². The number of halogens is 1. The molecule has 1 N–H and O–H groups in total. The molecule has 1 aliphatic rings. The highest BCUT2D eigenvalue weighted by Crippen LogP contribution is 2.32. The van der Waals surface area contributed by atoms with E-state index in [0.717, 1.165) is 17.9 Å². The van der Waals surface area contributed by atoms with Crippen LogP contribution in [0.5, 0.6) is 5.75 Å². The minimum Gasteiger partial charge on any atom is -0.489 e. The summed E-state index contributed by atoms with van der Waals surface area (Å²) in [5, 5.41) is 12.5. The van der Waals surface area contributed by atoms with Gasteiger partial charge in [-0.2, -0.15) is 5.26 Å². The van der Waals surface area contributed by atoms with E-state index in [1.165, 1.54) is 0 Å². The summed E-state index contributed by atoms with van der Waals surface area (Å²) >= 11 is 5.88. The Kier molecular flexibility index (Phi) is 2.98. The molecule has 2 rings (SSSR count). The summed E-state index contributed by atoms with van der Waals surface area (Å²) in [5.74, 6) is 0.826. The minimum atomic E-state index is 0.204. The van der Waals surface area contributed by atoms with Gasteiger partial charge in [-0.25, -0.2) is 0 Å². The van der Waals surface area contributed by atoms with Crippen LogP contribution in [0.25, 0.3) is 0 Å². The molecule has 1 atom stereocenters. The van der Waals surface area contributed by atoms with E-state index in [0.29, 0.717) is 18.1 Å². The predicted octanol–water partition coefficient (Wildman–Crippen LogP) is 2.82. The van der Waals surface area contributed by atoms with Gasteiger partial charge in [-0.05, 0) is 24.6 Å². The molecule has 1 unspecified atom stereocenters. The third-order valence-electron chi connectivity index (χ3n) is 2.35. The molecule has 15 heavy (non-hydrogen) atoms. The van der Waals surface area contributed by atoms with E-state index in [9.17, 15) is 0 Å². The maximum absolute atomic E-state index is 8.50. The monoisotopic (exact) mass is 222 g/mol. The van der Waals surface area contributed by atoms with Gasteiger partial charge in [0.05, 0.1) is 17.8 Å². The number of nitriles is 1. The van der Waals surface area contributed by atoms with Crippen molar-refractivity contribution in [2.75, 3.05) is 11.9 Å². The Morgan fingerprint density at radius 3 is 3.27 bits per heavy atom. The first kappa shape index (κ1) is 10.1. The number of hydrogen-bond acceptors (Lipinski definition) is 3. The Morgan fingerprint density at radius 2 is 2.47 bits per heavy atom. The smallest absolute Gasteiger partial charge is 0.142 e. The van der Waals surface area contributed by atoms with Crippen molar-refractivity contribution in [1.82, 2.24) is 0 Å². The molecule has 4 heteroatoms. The number of nitrogens with zero attached hydrogens (tertiary/aromatic N) is 1. The molecule has 0 fully saturated rings. The Labute approximate surface area is 93.6 Å². The van der Waals surface area contributed by atoms with E-state index in [2.05, 4.69) is 11.4 Å². The Hall–Kier alpha value is -1.40. The van der Waals surface area contributed by atoms with Gasteiger partial charge in [0.25, 0.3) is 0 Å². The number of nitrogens with one attached hydrogen (secondary N) is 1. The highest BCUT2D eigenvalue weighted by atomic mass is 35.5. The number of hydrogen-bond donors (Lipinski definition) is 1. The van der Waals surface area contributed by atoms with Crippen LogP contribution in [0.3, 0.4) is 0 Å². The van der Waals surface area contributed by atoms with Crippen LogP contribution in [-0.4, -0.2) is 12.6 Å². The lowest BCUT2D eigenvalue weighted by atomic mass is 10.1. The second-order valence-electron chi connectivity index (χ2n) is 3.49. The summed E-state index contributed by atoms with van der Waals surface area (Å²) in [6.45, 7) is 0.607. The van der Waals surface area contributed by atoms with Gasteiger partial charge < -0.3 is 10.1 Å². The largest absolute Gasteiger partial charge is 0.489 e. The van der Waals surface area contributed by atoms with Crippen molar-refractivity contribution >= 4 is 17.3 Å². The van der Waals surface area contributed by atoms with Crippen molar-refractivity contribution < 1.29 is 4.74 Å². The molecule has 0 amide bonds. The maximum Gasteiger partial charge on any atom is 0.142 e. The van der Waals surface area contributed by atoms with Gasteiger partial charge in [0, 0.05) is 11.4 Å². The maximum atomic E-state index is 8.50. The quantitative estimate of drug-likeness (QED) is 0.837. The molecule has 0 bridgehead atoms. The van der Waals surface area contributed by atoms with Crippen LogP contribution in [0.2, 0.25) is 5.02 Å². The summed E-state index contributed by atoms with van der Waals surface area (Å²) in [6.07, 6.45) is 1.33. The summed E-state index contributed by atoms with van der Waals surface area (Å²) in [5.41, 5.74) is 0.914. The Morgan fingerprint density at radius 1 is 1.60 bits per heavy atom. The van der Waals surface area contributed by atoms with Gasteiger partial charge in [-0.15, -0.1) is 0 Å². The molecule has 1 heterocycles. The molecule has 0 aromatic heterocycles. The first-order valence-electron chi connectivity index (χ1n) is 4.85. The van der Waals surface area contributed by atoms with Gasteiger partial charge in [-0.1, -0.05) is 11.6 Å². The zero-order valence-electron chi connectivity index (χ0n) is 8.16. The van der Waals surface area contributed by atoms with Crippen molar-refractivity contribution in [2.24, 2.45) is 0 Å². The molecular weight excluding hydrogens is 212 g/mol. The van der Waals surface area contributed by atoms with Crippen molar-refractivity contribution in [3.05, 3.63) is 23.2 Å². The standard InChI is InChI=1S/C11H11ClN2O/c12-8-3-4-11-10(6-8)14-9(7-15-11)2-1-5-13/h3-4,6,9,14H,1-2,7H2. The highest BCUT2D eigenvalue weighted by molar-refractivity contribution is 6.30. The van der Waals surface area contributed by atoms with Crippen LogP contribution in [0, 0.1) is 11.3 Å². The first-order chi connectivity index (χ1) is 7.29. The average molecular weight is 223 g/mol. The number of anilines is 1. The lowest BCUT2D eigenvalue weighted by Gasteiger charge is -2.27. The van der Waals surface area contributed by atoms with Crippen molar-refractivity contribution in [3.63, 3.8) is 0 Å². The van der Waals surface area contributed by atoms with E-state index >= 15 is 0 Å². The van der Waals surface area contributed by atoms with Crippen molar-refractivity contribution in [1.29, 1.82) is 5.26 Å². The molecule has 0 radical (unpaired) electrons. The number of rotatable bonds is 2. The highest BCUT2D eigenvalue weighted by Gasteiger charge is 2.18. The van der Waals surface area contributed by atoms with Crippen LogP contribution >= 0.6 is 11.6 Å². The predicted molar refractivity (Wildman–Crippen MR) is 59.2 cm³/mol. The molecule has 1 aromatic carbocycles. The zero-order chi connectivity index (χ0) is 10.7. The van der Waals surface area contributed by atoms with E-state index in [1.807, 2.05) is 12.1 Å².